The van der Waals surface area contributed by atoms with Crippen molar-refractivity contribution in [3.8, 4) is 6.07 Å². The lowest BCUT2D eigenvalue weighted by atomic mass is 10.1. The number of aliphatic hydroxyl groups excluding tert-OH is 1. The predicted molar refractivity (Wildman–Crippen MR) is 71.4 cm³/mol. The minimum atomic E-state index is -0.567. The van der Waals surface area contributed by atoms with Crippen LogP contribution in [0.3, 0.4) is 0 Å². The second-order valence-corrected chi connectivity index (χ2v) is 5.49. The minimum Gasteiger partial charge on any atom is -0.388 e. The molecular weight excluding hydrogens is 244 g/mol. The van der Waals surface area contributed by atoms with Crippen LogP contribution in [-0.2, 0) is 6.42 Å². The van der Waals surface area contributed by atoms with Gasteiger partial charge < -0.3 is 5.11 Å². The summed E-state index contributed by atoms with van der Waals surface area (Å²) >= 11 is 1.62. The van der Waals surface area contributed by atoms with E-state index in [1.165, 1.54) is 4.88 Å². The van der Waals surface area contributed by atoms with Gasteiger partial charge in [0.25, 0.3) is 0 Å². The molecule has 4 heteroatoms. The third-order valence-corrected chi connectivity index (χ3v) is 3.96. The van der Waals surface area contributed by atoms with Crippen molar-refractivity contribution in [1.82, 2.24) is 4.98 Å². The largest absolute Gasteiger partial charge is 0.388 e. The van der Waals surface area contributed by atoms with Gasteiger partial charge in [0.05, 0.1) is 28.4 Å². The number of thiazole rings is 1. The van der Waals surface area contributed by atoms with Gasteiger partial charge in [-0.25, -0.2) is 4.98 Å². The molecule has 1 aromatic carbocycles. The average Bonchev–Trinajstić information content (AvgIpc) is 2.68. The van der Waals surface area contributed by atoms with Crippen molar-refractivity contribution in [3.63, 3.8) is 0 Å². The summed E-state index contributed by atoms with van der Waals surface area (Å²) in [6.07, 6.45) is -0.0479. The number of aromatic nitrogens is 1. The first kappa shape index (κ1) is 12.7. The number of hydrogen-bond acceptors (Lipinski definition) is 4. The van der Waals surface area contributed by atoms with Gasteiger partial charge in [0.1, 0.15) is 0 Å². The molecule has 0 spiro atoms. The topological polar surface area (TPSA) is 56.9 Å². The highest BCUT2D eigenvalue weighted by atomic mass is 32.1. The molecule has 1 unspecified atom stereocenters. The molecule has 0 amide bonds. The number of nitriles is 1. The van der Waals surface area contributed by atoms with Crippen LogP contribution in [0.4, 0.5) is 0 Å². The summed E-state index contributed by atoms with van der Waals surface area (Å²) in [4.78, 5) is 5.61. The second-order valence-electron chi connectivity index (χ2n) is 4.20. The number of rotatable bonds is 3. The summed E-state index contributed by atoms with van der Waals surface area (Å²) in [5.74, 6) is 0. The van der Waals surface area contributed by atoms with Crippen LogP contribution in [0.2, 0.25) is 0 Å². The van der Waals surface area contributed by atoms with Crippen molar-refractivity contribution < 1.29 is 5.11 Å². The Labute approximate surface area is 110 Å². The third-order valence-electron chi connectivity index (χ3n) is 2.87. The normalized spacial score (nSPS) is 12.1. The molecule has 1 aromatic heterocycles. The van der Waals surface area contributed by atoms with Crippen molar-refractivity contribution in [2.75, 3.05) is 0 Å². The van der Waals surface area contributed by atoms with E-state index in [2.05, 4.69) is 11.1 Å². The summed E-state index contributed by atoms with van der Waals surface area (Å²) in [5.41, 5.74) is 2.45. The summed E-state index contributed by atoms with van der Waals surface area (Å²) in [6.45, 7) is 4.01. The molecule has 2 rings (SSSR count). The molecule has 0 saturated heterocycles. The zero-order valence-electron chi connectivity index (χ0n) is 10.3. The molecule has 0 bridgehead atoms. The molecule has 1 N–H and O–H groups in total. The van der Waals surface area contributed by atoms with Gasteiger partial charge in [0.15, 0.2) is 0 Å². The van der Waals surface area contributed by atoms with Crippen molar-refractivity contribution in [1.29, 1.82) is 5.26 Å². The molecule has 0 aliphatic rings. The van der Waals surface area contributed by atoms with Gasteiger partial charge in [-0.3, -0.25) is 0 Å². The van der Waals surface area contributed by atoms with Gasteiger partial charge in [-0.1, -0.05) is 12.1 Å². The molecule has 0 aliphatic carbocycles. The van der Waals surface area contributed by atoms with Crippen molar-refractivity contribution in [2.45, 2.75) is 26.4 Å². The van der Waals surface area contributed by atoms with Gasteiger partial charge >= 0.3 is 0 Å². The lowest BCUT2D eigenvalue weighted by Gasteiger charge is -2.08. The van der Waals surface area contributed by atoms with Crippen molar-refractivity contribution >= 4 is 11.3 Å². The lowest BCUT2D eigenvalue weighted by molar-refractivity contribution is 0.178. The Bertz CT molecular complexity index is 561. The smallest absolute Gasteiger partial charge is 0.0991 e. The fraction of sp³-hybridized carbons (Fsp3) is 0.286. The molecule has 0 aliphatic heterocycles. The van der Waals surface area contributed by atoms with Gasteiger partial charge in [-0.05, 0) is 31.5 Å². The molecule has 92 valence electrons. The summed E-state index contributed by atoms with van der Waals surface area (Å²) in [7, 11) is 0. The van der Waals surface area contributed by atoms with Crippen LogP contribution in [-0.4, -0.2) is 10.1 Å². The van der Waals surface area contributed by atoms with E-state index in [0.717, 1.165) is 16.3 Å². The highest BCUT2D eigenvalue weighted by molar-refractivity contribution is 7.11. The maximum atomic E-state index is 10.1. The molecule has 2 aromatic rings. The molecule has 0 fully saturated rings. The van der Waals surface area contributed by atoms with Crippen LogP contribution in [0, 0.1) is 25.2 Å². The van der Waals surface area contributed by atoms with E-state index in [0.29, 0.717) is 12.0 Å². The Hall–Kier alpha value is -1.70. The molecular formula is C14H14N2OS. The van der Waals surface area contributed by atoms with E-state index in [9.17, 15) is 5.11 Å². The van der Waals surface area contributed by atoms with Gasteiger partial charge in [0.2, 0.25) is 0 Å². The number of aliphatic hydroxyl groups is 1. The van der Waals surface area contributed by atoms with Crippen LogP contribution in [0.5, 0.6) is 0 Å². The van der Waals surface area contributed by atoms with Gasteiger partial charge in [0, 0.05) is 11.3 Å². The molecule has 1 heterocycles. The first-order valence-corrected chi connectivity index (χ1v) is 6.53. The van der Waals surface area contributed by atoms with Crippen molar-refractivity contribution in [3.05, 3.63) is 51.0 Å². The number of benzene rings is 1. The Balaban J connectivity index is 2.11. The number of hydrogen-bond donors (Lipinski definition) is 1. The van der Waals surface area contributed by atoms with Crippen LogP contribution >= 0.6 is 11.3 Å². The highest BCUT2D eigenvalue weighted by Gasteiger charge is 2.12. The molecule has 0 saturated carbocycles. The Morgan fingerprint density at radius 2 is 2.00 bits per heavy atom. The van der Waals surface area contributed by atoms with E-state index < -0.39 is 6.10 Å². The highest BCUT2D eigenvalue weighted by Crippen LogP contribution is 2.23. The Morgan fingerprint density at radius 3 is 2.50 bits per heavy atom. The molecule has 1 atom stereocenters. The average molecular weight is 258 g/mol. The van der Waals surface area contributed by atoms with Gasteiger partial charge in [-0.15, -0.1) is 11.3 Å². The second kappa shape index (κ2) is 5.30. The van der Waals surface area contributed by atoms with E-state index in [-0.39, 0.29) is 0 Å². The maximum Gasteiger partial charge on any atom is 0.0991 e. The van der Waals surface area contributed by atoms with E-state index >= 15 is 0 Å². The third kappa shape index (κ3) is 2.76. The summed E-state index contributed by atoms with van der Waals surface area (Å²) < 4.78 is 0. The quantitative estimate of drug-likeness (QED) is 0.921. The molecule has 0 radical (unpaired) electrons. The predicted octanol–water partition coefficient (Wildman–Crippen LogP) is 2.91. The standard InChI is InChI=1S/C14H14N2OS/c1-9-10(2)18-14(16-9)7-13(17)12-5-3-11(8-15)4-6-12/h3-6,13,17H,7H2,1-2H3. The first-order chi connectivity index (χ1) is 8.60. The SMILES string of the molecule is Cc1nc(CC(O)c2ccc(C#N)cc2)sc1C. The Morgan fingerprint density at radius 1 is 1.33 bits per heavy atom. The molecule has 18 heavy (non-hydrogen) atoms. The summed E-state index contributed by atoms with van der Waals surface area (Å²) in [6, 6.07) is 9.08. The van der Waals surface area contributed by atoms with E-state index in [1.54, 1.807) is 35.6 Å². The fourth-order valence-electron chi connectivity index (χ4n) is 1.69. The fourth-order valence-corrected chi connectivity index (χ4v) is 2.66. The van der Waals surface area contributed by atoms with E-state index in [1.807, 2.05) is 13.8 Å². The van der Waals surface area contributed by atoms with Crippen molar-refractivity contribution in [2.24, 2.45) is 0 Å². The van der Waals surface area contributed by atoms with E-state index in [4.69, 9.17) is 5.26 Å². The Kier molecular flexibility index (Phi) is 3.75. The van der Waals surface area contributed by atoms with Crippen LogP contribution in [0.15, 0.2) is 24.3 Å². The number of nitrogens with zero attached hydrogens (tertiary/aromatic N) is 2. The van der Waals surface area contributed by atoms with Gasteiger partial charge in [-0.2, -0.15) is 5.26 Å². The minimum absolute atomic E-state index is 0.519. The first-order valence-electron chi connectivity index (χ1n) is 5.71. The monoisotopic (exact) mass is 258 g/mol. The zero-order valence-corrected chi connectivity index (χ0v) is 11.2. The zero-order chi connectivity index (χ0) is 13.1. The van der Waals surface area contributed by atoms with Crippen LogP contribution < -0.4 is 0 Å². The number of aryl methyl sites for hydroxylation is 2. The maximum absolute atomic E-state index is 10.1. The summed E-state index contributed by atoms with van der Waals surface area (Å²) in [5, 5.41) is 19.8. The van der Waals surface area contributed by atoms with Crippen LogP contribution in [0.1, 0.15) is 32.8 Å². The molecule has 3 nitrogen and oxygen atoms in total. The van der Waals surface area contributed by atoms with Crippen LogP contribution in [0.25, 0.3) is 0 Å². The lowest BCUT2D eigenvalue weighted by Crippen LogP contribution is -2.01.